The minimum atomic E-state index is 0.697. The summed E-state index contributed by atoms with van der Waals surface area (Å²) in [6.45, 7) is 4.90. The molecule has 0 fully saturated rings. The minimum Gasteiger partial charge on any atom is -0.384 e. The molecule has 0 spiro atoms. The van der Waals surface area contributed by atoms with E-state index in [1.54, 1.807) is 0 Å². The average molecular weight is 231 g/mol. The van der Waals surface area contributed by atoms with Crippen molar-refractivity contribution < 1.29 is 4.52 Å². The molecule has 0 atom stereocenters. The fourth-order valence-electron chi connectivity index (χ4n) is 1.61. The third-order valence-electron chi connectivity index (χ3n) is 2.63. The molecule has 1 aromatic heterocycles. The summed E-state index contributed by atoms with van der Waals surface area (Å²) in [5.74, 6) is 1.47. The van der Waals surface area contributed by atoms with Crippen LogP contribution in [0.3, 0.4) is 0 Å². The first-order valence-corrected chi connectivity index (χ1v) is 5.90. The molecule has 0 radical (unpaired) electrons. The van der Waals surface area contributed by atoms with Gasteiger partial charge in [0.2, 0.25) is 5.89 Å². The first-order valence-electron chi connectivity index (χ1n) is 5.90. The lowest BCUT2D eigenvalue weighted by atomic mass is 10.2. The molecule has 0 aliphatic carbocycles. The molecule has 4 nitrogen and oxygen atoms in total. The lowest BCUT2D eigenvalue weighted by Gasteiger charge is -2.07. The van der Waals surface area contributed by atoms with Crippen molar-refractivity contribution in [2.24, 2.45) is 0 Å². The van der Waals surface area contributed by atoms with Crippen LogP contribution in [-0.4, -0.2) is 16.7 Å². The Morgan fingerprint density at radius 3 is 2.82 bits per heavy atom. The van der Waals surface area contributed by atoms with E-state index < -0.39 is 0 Å². The van der Waals surface area contributed by atoms with Gasteiger partial charge in [0.15, 0.2) is 5.82 Å². The molecule has 2 rings (SSSR count). The highest BCUT2D eigenvalue weighted by Gasteiger charge is 2.04. The van der Waals surface area contributed by atoms with Gasteiger partial charge in [0.1, 0.15) is 0 Å². The van der Waals surface area contributed by atoms with Crippen molar-refractivity contribution in [3.63, 3.8) is 0 Å². The molecule has 0 amide bonds. The maximum Gasteiger partial charge on any atom is 0.228 e. The van der Waals surface area contributed by atoms with Crippen molar-refractivity contribution in [1.82, 2.24) is 10.1 Å². The highest BCUT2D eigenvalue weighted by molar-refractivity contribution is 5.50. The van der Waals surface area contributed by atoms with Crippen LogP contribution in [0.25, 0.3) is 0 Å². The molecule has 0 saturated heterocycles. The third kappa shape index (κ3) is 3.06. The summed E-state index contributed by atoms with van der Waals surface area (Å²) in [4.78, 5) is 4.26. The van der Waals surface area contributed by atoms with Crippen LogP contribution in [0.4, 0.5) is 5.69 Å². The summed E-state index contributed by atoms with van der Waals surface area (Å²) < 4.78 is 5.12. The average Bonchev–Trinajstić information content (AvgIpc) is 2.80. The van der Waals surface area contributed by atoms with Crippen LogP contribution >= 0.6 is 0 Å². The Balaban J connectivity index is 1.85. The van der Waals surface area contributed by atoms with Crippen LogP contribution in [0.1, 0.15) is 24.2 Å². The lowest BCUT2D eigenvalue weighted by molar-refractivity contribution is 0.375. The Kier molecular flexibility index (Phi) is 3.75. The van der Waals surface area contributed by atoms with Gasteiger partial charge in [-0.1, -0.05) is 30.3 Å². The molecule has 90 valence electrons. The second-order valence-corrected chi connectivity index (χ2v) is 3.95. The lowest BCUT2D eigenvalue weighted by Crippen LogP contribution is -2.06. The number of nitrogens with one attached hydrogen (secondary N) is 1. The van der Waals surface area contributed by atoms with Gasteiger partial charge in [-0.15, -0.1) is 0 Å². The first-order chi connectivity index (χ1) is 8.29. The number of anilines is 1. The molecule has 1 aromatic carbocycles. The van der Waals surface area contributed by atoms with Gasteiger partial charge >= 0.3 is 0 Å². The van der Waals surface area contributed by atoms with Crippen LogP contribution in [0.15, 0.2) is 28.8 Å². The SMILES string of the molecule is CCc1noc(CCNc2ccccc2C)n1. The highest BCUT2D eigenvalue weighted by Crippen LogP contribution is 2.12. The maximum atomic E-state index is 5.12. The van der Waals surface area contributed by atoms with Crippen molar-refractivity contribution in [3.05, 3.63) is 41.5 Å². The standard InChI is InChI=1S/C13H17N3O/c1-3-12-15-13(17-16-12)8-9-14-11-7-5-4-6-10(11)2/h4-7,14H,3,8-9H2,1-2H3. The summed E-state index contributed by atoms with van der Waals surface area (Å²) in [6.07, 6.45) is 1.57. The predicted octanol–water partition coefficient (Wildman–Crippen LogP) is 2.60. The number of hydrogen-bond acceptors (Lipinski definition) is 4. The van der Waals surface area contributed by atoms with E-state index in [1.165, 1.54) is 5.56 Å². The summed E-state index contributed by atoms with van der Waals surface area (Å²) in [7, 11) is 0. The molecule has 1 heterocycles. The Labute approximate surface area is 101 Å². The van der Waals surface area contributed by atoms with Gasteiger partial charge in [0, 0.05) is 25.1 Å². The molecule has 0 bridgehead atoms. The number of nitrogens with zero attached hydrogens (tertiary/aromatic N) is 2. The molecule has 4 heteroatoms. The van der Waals surface area contributed by atoms with Gasteiger partial charge < -0.3 is 9.84 Å². The Morgan fingerprint density at radius 1 is 1.29 bits per heavy atom. The number of hydrogen-bond donors (Lipinski definition) is 1. The predicted molar refractivity (Wildman–Crippen MR) is 67.0 cm³/mol. The first kappa shape index (κ1) is 11.6. The Bertz CT molecular complexity index is 479. The van der Waals surface area contributed by atoms with Gasteiger partial charge in [-0.3, -0.25) is 0 Å². The number of rotatable bonds is 5. The quantitative estimate of drug-likeness (QED) is 0.859. The zero-order valence-electron chi connectivity index (χ0n) is 10.2. The second kappa shape index (κ2) is 5.48. The van der Waals surface area contributed by atoms with E-state index in [9.17, 15) is 0 Å². The molecular formula is C13H17N3O. The zero-order chi connectivity index (χ0) is 12.1. The number of aromatic nitrogens is 2. The molecule has 0 saturated carbocycles. The third-order valence-corrected chi connectivity index (χ3v) is 2.63. The van der Waals surface area contributed by atoms with Crippen molar-refractivity contribution in [2.75, 3.05) is 11.9 Å². The summed E-state index contributed by atoms with van der Waals surface area (Å²) >= 11 is 0. The minimum absolute atomic E-state index is 0.697. The largest absolute Gasteiger partial charge is 0.384 e. The smallest absolute Gasteiger partial charge is 0.228 e. The second-order valence-electron chi connectivity index (χ2n) is 3.95. The van der Waals surface area contributed by atoms with Gasteiger partial charge in [-0.05, 0) is 18.6 Å². The highest BCUT2D eigenvalue weighted by atomic mass is 16.5. The molecule has 17 heavy (non-hydrogen) atoms. The topological polar surface area (TPSA) is 51.0 Å². The number of para-hydroxylation sites is 1. The van der Waals surface area contributed by atoms with Gasteiger partial charge in [-0.25, -0.2) is 0 Å². The Morgan fingerprint density at radius 2 is 2.12 bits per heavy atom. The molecule has 0 aliphatic rings. The van der Waals surface area contributed by atoms with Crippen LogP contribution in [-0.2, 0) is 12.8 Å². The summed E-state index contributed by atoms with van der Waals surface area (Å²) in [5.41, 5.74) is 2.40. The monoisotopic (exact) mass is 231 g/mol. The van der Waals surface area contributed by atoms with Crippen molar-refractivity contribution in [1.29, 1.82) is 0 Å². The summed E-state index contributed by atoms with van der Waals surface area (Å²) in [6, 6.07) is 8.22. The van der Waals surface area contributed by atoms with Crippen molar-refractivity contribution in [3.8, 4) is 0 Å². The van der Waals surface area contributed by atoms with Crippen molar-refractivity contribution in [2.45, 2.75) is 26.7 Å². The molecular weight excluding hydrogens is 214 g/mol. The summed E-state index contributed by atoms with van der Waals surface area (Å²) in [5, 5.41) is 7.22. The number of benzene rings is 1. The van der Waals surface area contributed by atoms with E-state index in [2.05, 4.69) is 34.5 Å². The normalized spacial score (nSPS) is 10.5. The fraction of sp³-hybridized carbons (Fsp3) is 0.385. The van der Waals surface area contributed by atoms with E-state index in [1.807, 2.05) is 19.1 Å². The van der Waals surface area contributed by atoms with Crippen molar-refractivity contribution >= 4 is 5.69 Å². The van der Waals surface area contributed by atoms with Crippen LogP contribution in [0.5, 0.6) is 0 Å². The van der Waals surface area contributed by atoms with Crippen LogP contribution < -0.4 is 5.32 Å². The maximum absolute atomic E-state index is 5.12. The zero-order valence-corrected chi connectivity index (χ0v) is 10.2. The van der Waals surface area contributed by atoms with Gasteiger partial charge in [0.05, 0.1) is 0 Å². The van der Waals surface area contributed by atoms with E-state index >= 15 is 0 Å². The molecule has 0 unspecified atom stereocenters. The molecule has 1 N–H and O–H groups in total. The van der Waals surface area contributed by atoms with E-state index in [-0.39, 0.29) is 0 Å². The van der Waals surface area contributed by atoms with E-state index in [0.29, 0.717) is 5.89 Å². The van der Waals surface area contributed by atoms with E-state index in [4.69, 9.17) is 4.52 Å². The van der Waals surface area contributed by atoms with Gasteiger partial charge in [0.25, 0.3) is 0 Å². The fourth-order valence-corrected chi connectivity index (χ4v) is 1.61. The number of aryl methyl sites for hydroxylation is 2. The Hall–Kier alpha value is -1.84. The van der Waals surface area contributed by atoms with Gasteiger partial charge in [-0.2, -0.15) is 4.98 Å². The van der Waals surface area contributed by atoms with Crippen LogP contribution in [0, 0.1) is 6.92 Å². The van der Waals surface area contributed by atoms with Crippen LogP contribution in [0.2, 0.25) is 0 Å². The van der Waals surface area contributed by atoms with E-state index in [0.717, 1.165) is 30.9 Å². The molecule has 2 aromatic rings. The molecule has 0 aliphatic heterocycles.